The van der Waals surface area contributed by atoms with Crippen LogP contribution < -0.4 is 5.32 Å². The van der Waals surface area contributed by atoms with Crippen LogP contribution in [-0.2, 0) is 4.79 Å². The van der Waals surface area contributed by atoms with Gasteiger partial charge in [-0.05, 0) is 37.1 Å². The molecule has 1 fully saturated rings. The number of aromatic nitrogens is 3. The first-order chi connectivity index (χ1) is 10.7. The van der Waals surface area contributed by atoms with E-state index in [1.165, 1.54) is 12.1 Å². The number of fused-ring (bicyclic) bond motifs is 1. The van der Waals surface area contributed by atoms with Crippen molar-refractivity contribution in [1.29, 1.82) is 0 Å². The van der Waals surface area contributed by atoms with Crippen LogP contribution in [0.5, 0.6) is 0 Å². The second kappa shape index (κ2) is 4.91. The molecule has 1 aliphatic rings. The summed E-state index contributed by atoms with van der Waals surface area (Å²) in [6, 6.07) is 11.8. The summed E-state index contributed by atoms with van der Waals surface area (Å²) in [4.78, 5) is 16.1. The summed E-state index contributed by atoms with van der Waals surface area (Å²) < 4.78 is 15.0. The molecule has 1 aromatic carbocycles. The molecule has 2 heterocycles. The molecular weight excluding hydrogens is 283 g/mol. The normalized spacial score (nSPS) is 14.2. The van der Waals surface area contributed by atoms with E-state index < -0.39 is 0 Å². The highest BCUT2D eigenvalue weighted by atomic mass is 19.1. The third kappa shape index (κ3) is 2.32. The summed E-state index contributed by atoms with van der Waals surface area (Å²) in [5.41, 5.74) is 2.03. The summed E-state index contributed by atoms with van der Waals surface area (Å²) in [5.74, 6) is 0.0233. The number of anilines is 1. The van der Waals surface area contributed by atoms with Crippen LogP contribution in [0.15, 0.2) is 42.5 Å². The van der Waals surface area contributed by atoms with Crippen LogP contribution in [0.3, 0.4) is 0 Å². The van der Waals surface area contributed by atoms with E-state index in [2.05, 4.69) is 15.4 Å². The highest BCUT2D eigenvalue weighted by molar-refractivity contribution is 5.92. The van der Waals surface area contributed by atoms with Crippen LogP contribution in [0, 0.1) is 11.7 Å². The fourth-order valence-corrected chi connectivity index (χ4v) is 2.38. The van der Waals surface area contributed by atoms with Gasteiger partial charge in [-0.3, -0.25) is 10.1 Å². The lowest BCUT2D eigenvalue weighted by atomic mass is 10.1. The minimum absolute atomic E-state index is 0.0387. The first kappa shape index (κ1) is 12.9. The number of nitrogens with zero attached hydrogens (tertiary/aromatic N) is 3. The van der Waals surface area contributed by atoms with E-state index in [0.717, 1.165) is 18.5 Å². The number of amides is 1. The molecule has 0 unspecified atom stereocenters. The lowest BCUT2D eigenvalue weighted by Gasteiger charge is -2.03. The molecule has 1 N–H and O–H groups in total. The highest BCUT2D eigenvalue weighted by Crippen LogP contribution is 2.30. The van der Waals surface area contributed by atoms with Crippen molar-refractivity contribution in [2.24, 2.45) is 5.92 Å². The number of hydrogen-bond donors (Lipinski definition) is 1. The maximum atomic E-state index is 13.4. The molecule has 0 atom stereocenters. The second-order valence-electron chi connectivity index (χ2n) is 5.39. The molecule has 6 heteroatoms. The first-order valence-corrected chi connectivity index (χ1v) is 7.13. The third-order valence-electron chi connectivity index (χ3n) is 3.66. The summed E-state index contributed by atoms with van der Waals surface area (Å²) in [6.07, 6.45) is 1.85. The predicted molar refractivity (Wildman–Crippen MR) is 79.7 cm³/mol. The number of pyridine rings is 1. The van der Waals surface area contributed by atoms with Gasteiger partial charge in [0, 0.05) is 11.5 Å². The third-order valence-corrected chi connectivity index (χ3v) is 3.66. The van der Waals surface area contributed by atoms with Crippen LogP contribution in [0.4, 0.5) is 10.3 Å². The Kier molecular flexibility index (Phi) is 2.89. The Morgan fingerprint density at radius 3 is 2.82 bits per heavy atom. The van der Waals surface area contributed by atoms with E-state index in [0.29, 0.717) is 11.2 Å². The summed E-state index contributed by atoms with van der Waals surface area (Å²) in [5, 5.41) is 7.05. The smallest absolute Gasteiger partial charge is 0.249 e. The van der Waals surface area contributed by atoms with Crippen LogP contribution in [-0.4, -0.2) is 20.5 Å². The summed E-state index contributed by atoms with van der Waals surface area (Å²) in [7, 11) is 0. The Bertz CT molecular complexity index is 869. The second-order valence-corrected chi connectivity index (χ2v) is 5.39. The molecule has 5 nitrogen and oxygen atoms in total. The first-order valence-electron chi connectivity index (χ1n) is 7.13. The van der Waals surface area contributed by atoms with Gasteiger partial charge in [0.05, 0.1) is 5.69 Å². The van der Waals surface area contributed by atoms with Gasteiger partial charge < -0.3 is 0 Å². The van der Waals surface area contributed by atoms with Gasteiger partial charge in [0.2, 0.25) is 11.9 Å². The molecule has 0 aliphatic heterocycles. The Balaban J connectivity index is 1.76. The number of rotatable bonds is 3. The van der Waals surface area contributed by atoms with Gasteiger partial charge in [-0.1, -0.05) is 18.2 Å². The van der Waals surface area contributed by atoms with Crippen molar-refractivity contribution in [2.75, 3.05) is 5.32 Å². The van der Waals surface area contributed by atoms with Gasteiger partial charge >= 0.3 is 0 Å². The SMILES string of the molecule is O=C(Nc1nc2cccc(-c3cccc(F)c3)n2n1)C1CC1. The van der Waals surface area contributed by atoms with E-state index >= 15 is 0 Å². The zero-order valence-electron chi connectivity index (χ0n) is 11.7. The van der Waals surface area contributed by atoms with Gasteiger partial charge in [0.25, 0.3) is 0 Å². The van der Waals surface area contributed by atoms with Crippen LogP contribution in [0.1, 0.15) is 12.8 Å². The van der Waals surface area contributed by atoms with Gasteiger partial charge in [-0.25, -0.2) is 8.91 Å². The molecule has 0 bridgehead atoms. The Morgan fingerprint density at radius 2 is 2.05 bits per heavy atom. The van der Waals surface area contributed by atoms with E-state index in [1.807, 2.05) is 18.2 Å². The van der Waals surface area contributed by atoms with E-state index in [9.17, 15) is 9.18 Å². The summed E-state index contributed by atoms with van der Waals surface area (Å²) in [6.45, 7) is 0. The van der Waals surface area contributed by atoms with E-state index in [-0.39, 0.29) is 23.6 Å². The molecule has 4 rings (SSSR count). The Morgan fingerprint density at radius 1 is 1.23 bits per heavy atom. The quantitative estimate of drug-likeness (QED) is 0.808. The lowest BCUT2D eigenvalue weighted by molar-refractivity contribution is -0.117. The van der Waals surface area contributed by atoms with Gasteiger partial charge in [-0.2, -0.15) is 4.98 Å². The Hall–Kier alpha value is -2.76. The fraction of sp³-hybridized carbons (Fsp3) is 0.188. The maximum Gasteiger partial charge on any atom is 0.249 e. The predicted octanol–water partition coefficient (Wildman–Crippen LogP) is 2.88. The van der Waals surface area contributed by atoms with Crippen molar-refractivity contribution < 1.29 is 9.18 Å². The molecule has 1 saturated carbocycles. The average molecular weight is 296 g/mol. The van der Waals surface area contributed by atoms with E-state index in [1.54, 1.807) is 16.6 Å². The highest BCUT2D eigenvalue weighted by Gasteiger charge is 2.30. The zero-order valence-corrected chi connectivity index (χ0v) is 11.7. The number of carbonyl (C=O) groups is 1. The maximum absolute atomic E-state index is 13.4. The number of nitrogens with one attached hydrogen (secondary N) is 1. The van der Waals surface area contributed by atoms with Gasteiger partial charge in [0.1, 0.15) is 5.82 Å². The number of benzene rings is 1. The van der Waals surface area contributed by atoms with Crippen LogP contribution >= 0.6 is 0 Å². The molecular formula is C16H13FN4O. The fourth-order valence-electron chi connectivity index (χ4n) is 2.38. The van der Waals surface area contributed by atoms with Gasteiger partial charge in [-0.15, -0.1) is 5.10 Å². The topological polar surface area (TPSA) is 59.3 Å². The van der Waals surface area contributed by atoms with E-state index in [4.69, 9.17) is 0 Å². The zero-order chi connectivity index (χ0) is 15.1. The van der Waals surface area contributed by atoms with Crippen molar-refractivity contribution in [3.63, 3.8) is 0 Å². The lowest BCUT2D eigenvalue weighted by Crippen LogP contribution is -2.14. The minimum atomic E-state index is -0.308. The standard InChI is InChI=1S/C16H13FN4O/c17-12-4-1-3-11(9-12)13-5-2-6-14-18-16(20-21(13)14)19-15(22)10-7-8-10/h1-6,9-10H,7-8H2,(H,19,20,22). The van der Waals surface area contributed by atoms with Crippen molar-refractivity contribution in [3.8, 4) is 11.3 Å². The average Bonchev–Trinajstić information content (AvgIpc) is 3.27. The monoisotopic (exact) mass is 296 g/mol. The number of halogens is 1. The Labute approximate surface area is 125 Å². The molecule has 110 valence electrons. The van der Waals surface area contributed by atoms with Crippen LogP contribution in [0.2, 0.25) is 0 Å². The summed E-state index contributed by atoms with van der Waals surface area (Å²) >= 11 is 0. The molecule has 1 aliphatic carbocycles. The van der Waals surface area contributed by atoms with Crippen molar-refractivity contribution in [3.05, 3.63) is 48.3 Å². The van der Waals surface area contributed by atoms with Crippen molar-refractivity contribution in [1.82, 2.24) is 14.6 Å². The molecule has 3 aromatic rings. The number of carbonyl (C=O) groups excluding carboxylic acids is 1. The van der Waals surface area contributed by atoms with Crippen molar-refractivity contribution in [2.45, 2.75) is 12.8 Å². The molecule has 2 aromatic heterocycles. The largest absolute Gasteiger partial charge is 0.293 e. The van der Waals surface area contributed by atoms with Crippen LogP contribution in [0.25, 0.3) is 16.9 Å². The van der Waals surface area contributed by atoms with Gasteiger partial charge in [0.15, 0.2) is 5.65 Å². The number of hydrogen-bond acceptors (Lipinski definition) is 3. The molecule has 0 radical (unpaired) electrons. The molecule has 0 spiro atoms. The molecule has 0 saturated heterocycles. The molecule has 1 amide bonds. The van der Waals surface area contributed by atoms with Crippen molar-refractivity contribution >= 4 is 17.5 Å². The minimum Gasteiger partial charge on any atom is -0.293 e. The molecule has 22 heavy (non-hydrogen) atoms.